The molecule has 2 nitrogen and oxygen atoms in total. The highest BCUT2D eigenvalue weighted by atomic mass is 16.3. The van der Waals surface area contributed by atoms with E-state index < -0.39 is 5.60 Å². The molecule has 1 fully saturated rings. The van der Waals surface area contributed by atoms with Crippen molar-refractivity contribution in [3.05, 3.63) is 0 Å². The Morgan fingerprint density at radius 3 is 2.47 bits per heavy atom. The van der Waals surface area contributed by atoms with Crippen LogP contribution in [-0.4, -0.2) is 23.8 Å². The fourth-order valence-corrected chi connectivity index (χ4v) is 3.25. The second-order valence-electron chi connectivity index (χ2n) is 7.29. The van der Waals surface area contributed by atoms with Gasteiger partial charge in [0.15, 0.2) is 0 Å². The molecule has 2 atom stereocenters. The molecule has 0 aromatic carbocycles. The number of aliphatic hydroxyl groups is 1. The fourth-order valence-electron chi connectivity index (χ4n) is 3.25. The van der Waals surface area contributed by atoms with E-state index in [1.807, 2.05) is 0 Å². The molecule has 2 unspecified atom stereocenters. The van der Waals surface area contributed by atoms with Crippen LogP contribution < -0.4 is 5.32 Å². The van der Waals surface area contributed by atoms with E-state index in [0.717, 1.165) is 19.5 Å². The maximum atomic E-state index is 10.9. The molecule has 0 bridgehead atoms. The molecule has 0 aliphatic heterocycles. The van der Waals surface area contributed by atoms with E-state index in [4.69, 9.17) is 0 Å². The molecular formula is C15H31NO. The summed E-state index contributed by atoms with van der Waals surface area (Å²) in [6.07, 6.45) is 4.57. The smallest absolute Gasteiger partial charge is 0.0804 e. The van der Waals surface area contributed by atoms with Crippen molar-refractivity contribution < 1.29 is 5.11 Å². The van der Waals surface area contributed by atoms with Gasteiger partial charge < -0.3 is 10.4 Å². The Bertz CT molecular complexity index is 232. The van der Waals surface area contributed by atoms with Crippen LogP contribution in [0.25, 0.3) is 0 Å². The van der Waals surface area contributed by atoms with E-state index in [2.05, 4.69) is 39.9 Å². The summed E-state index contributed by atoms with van der Waals surface area (Å²) in [7, 11) is 0. The van der Waals surface area contributed by atoms with Gasteiger partial charge in [-0.3, -0.25) is 0 Å². The van der Waals surface area contributed by atoms with Crippen LogP contribution in [-0.2, 0) is 0 Å². The molecule has 2 N–H and O–H groups in total. The molecular weight excluding hydrogens is 210 g/mol. The van der Waals surface area contributed by atoms with Crippen molar-refractivity contribution >= 4 is 0 Å². The highest BCUT2D eigenvalue weighted by molar-refractivity contribution is 4.96. The third-order valence-corrected chi connectivity index (χ3v) is 4.03. The average Bonchev–Trinajstić information content (AvgIpc) is 2.15. The Labute approximate surface area is 107 Å². The van der Waals surface area contributed by atoms with Crippen LogP contribution in [0.2, 0.25) is 0 Å². The molecule has 1 aliphatic carbocycles. The highest BCUT2D eigenvalue weighted by Gasteiger charge is 2.44. The van der Waals surface area contributed by atoms with E-state index in [1.165, 1.54) is 19.3 Å². The van der Waals surface area contributed by atoms with Gasteiger partial charge in [-0.25, -0.2) is 0 Å². The summed E-state index contributed by atoms with van der Waals surface area (Å²) < 4.78 is 0. The Morgan fingerprint density at radius 1 is 1.29 bits per heavy atom. The first-order chi connectivity index (χ1) is 7.76. The maximum absolute atomic E-state index is 10.9. The van der Waals surface area contributed by atoms with Crippen molar-refractivity contribution in [2.75, 3.05) is 13.1 Å². The van der Waals surface area contributed by atoms with Crippen molar-refractivity contribution in [2.45, 2.75) is 65.9 Å². The van der Waals surface area contributed by atoms with Crippen molar-refractivity contribution in [3.8, 4) is 0 Å². The molecule has 0 spiro atoms. The molecule has 0 heterocycles. The fraction of sp³-hybridized carbons (Fsp3) is 1.00. The van der Waals surface area contributed by atoms with Crippen molar-refractivity contribution in [3.63, 3.8) is 0 Å². The molecule has 102 valence electrons. The van der Waals surface area contributed by atoms with Crippen LogP contribution in [0, 0.1) is 17.3 Å². The van der Waals surface area contributed by atoms with Gasteiger partial charge >= 0.3 is 0 Å². The van der Waals surface area contributed by atoms with E-state index in [9.17, 15) is 5.11 Å². The van der Waals surface area contributed by atoms with Gasteiger partial charge in [-0.15, -0.1) is 0 Å². The molecule has 1 aliphatic rings. The zero-order chi connectivity index (χ0) is 13.1. The van der Waals surface area contributed by atoms with Gasteiger partial charge in [0.2, 0.25) is 0 Å². The quantitative estimate of drug-likeness (QED) is 0.792. The monoisotopic (exact) mass is 241 g/mol. The Balaban J connectivity index is 2.61. The lowest BCUT2D eigenvalue weighted by Gasteiger charge is -2.47. The zero-order valence-corrected chi connectivity index (χ0v) is 12.3. The van der Waals surface area contributed by atoms with Gasteiger partial charge in [0, 0.05) is 6.54 Å². The van der Waals surface area contributed by atoms with Crippen molar-refractivity contribution in [1.82, 2.24) is 5.32 Å². The topological polar surface area (TPSA) is 32.3 Å². The SMILES string of the molecule is CC(C)CNCC1(O)CCCCC1C(C)(C)C. The second kappa shape index (κ2) is 5.71. The largest absolute Gasteiger partial charge is 0.388 e. The number of rotatable bonds is 4. The van der Waals surface area contributed by atoms with Crippen LogP contribution in [0.15, 0.2) is 0 Å². The molecule has 0 amide bonds. The van der Waals surface area contributed by atoms with Gasteiger partial charge in [-0.1, -0.05) is 47.5 Å². The molecule has 0 aromatic rings. The molecule has 0 radical (unpaired) electrons. The Morgan fingerprint density at radius 2 is 1.94 bits per heavy atom. The summed E-state index contributed by atoms with van der Waals surface area (Å²) in [5, 5.41) is 14.4. The van der Waals surface area contributed by atoms with Crippen LogP contribution in [0.5, 0.6) is 0 Å². The van der Waals surface area contributed by atoms with Crippen LogP contribution in [0.3, 0.4) is 0 Å². The third-order valence-electron chi connectivity index (χ3n) is 4.03. The Hall–Kier alpha value is -0.0800. The van der Waals surface area contributed by atoms with Crippen molar-refractivity contribution in [1.29, 1.82) is 0 Å². The maximum Gasteiger partial charge on any atom is 0.0804 e. The number of hydrogen-bond acceptors (Lipinski definition) is 2. The Kier molecular flexibility index (Phi) is 5.03. The van der Waals surface area contributed by atoms with Gasteiger partial charge in [0.25, 0.3) is 0 Å². The van der Waals surface area contributed by atoms with Crippen LogP contribution >= 0.6 is 0 Å². The summed E-state index contributed by atoms with van der Waals surface area (Å²) in [5.41, 5.74) is -0.292. The predicted octanol–water partition coefficient (Wildman–Crippen LogP) is 3.20. The zero-order valence-electron chi connectivity index (χ0n) is 12.3. The minimum absolute atomic E-state index is 0.203. The standard InChI is InChI=1S/C15H31NO/c1-12(2)10-16-11-15(17)9-7-6-8-13(15)14(3,4)5/h12-13,16-17H,6-11H2,1-5H3. The minimum atomic E-state index is -0.495. The molecule has 0 aromatic heterocycles. The average molecular weight is 241 g/mol. The van der Waals surface area contributed by atoms with Crippen molar-refractivity contribution in [2.24, 2.45) is 17.3 Å². The van der Waals surface area contributed by atoms with Gasteiger partial charge in [-0.2, -0.15) is 0 Å². The van der Waals surface area contributed by atoms with Crippen LogP contribution in [0.1, 0.15) is 60.3 Å². The van der Waals surface area contributed by atoms with Gasteiger partial charge in [0.05, 0.1) is 5.60 Å². The van der Waals surface area contributed by atoms with E-state index in [-0.39, 0.29) is 5.41 Å². The second-order valence-corrected chi connectivity index (χ2v) is 7.29. The van der Waals surface area contributed by atoms with Gasteiger partial charge in [-0.05, 0) is 36.6 Å². The summed E-state index contributed by atoms with van der Waals surface area (Å²) in [6, 6.07) is 0. The van der Waals surface area contributed by atoms with Crippen LogP contribution in [0.4, 0.5) is 0 Å². The molecule has 17 heavy (non-hydrogen) atoms. The lowest BCUT2D eigenvalue weighted by Crippen LogP contribution is -2.53. The molecule has 2 heteroatoms. The predicted molar refractivity (Wildman–Crippen MR) is 74.1 cm³/mol. The van der Waals surface area contributed by atoms with E-state index >= 15 is 0 Å². The third kappa shape index (κ3) is 4.26. The normalized spacial score (nSPS) is 30.9. The van der Waals surface area contributed by atoms with Gasteiger partial charge in [0.1, 0.15) is 0 Å². The summed E-state index contributed by atoms with van der Waals surface area (Å²) >= 11 is 0. The summed E-state index contributed by atoms with van der Waals surface area (Å²) in [4.78, 5) is 0. The molecule has 1 rings (SSSR count). The first-order valence-corrected chi connectivity index (χ1v) is 7.19. The lowest BCUT2D eigenvalue weighted by atomic mass is 9.64. The van der Waals surface area contributed by atoms with E-state index in [1.54, 1.807) is 0 Å². The minimum Gasteiger partial charge on any atom is -0.388 e. The lowest BCUT2D eigenvalue weighted by molar-refractivity contribution is -0.0875. The highest BCUT2D eigenvalue weighted by Crippen LogP contribution is 2.44. The first kappa shape index (κ1) is 15.0. The van der Waals surface area contributed by atoms with E-state index in [0.29, 0.717) is 11.8 Å². The number of hydrogen-bond donors (Lipinski definition) is 2. The molecule has 1 saturated carbocycles. The molecule has 0 saturated heterocycles. The number of nitrogens with one attached hydrogen (secondary N) is 1. The summed E-state index contributed by atoms with van der Waals surface area (Å²) in [6.45, 7) is 13.0. The summed E-state index contributed by atoms with van der Waals surface area (Å²) in [5.74, 6) is 1.07. The first-order valence-electron chi connectivity index (χ1n) is 7.19.